The van der Waals surface area contributed by atoms with Crippen LogP contribution in [0.3, 0.4) is 0 Å². The van der Waals surface area contributed by atoms with Gasteiger partial charge < -0.3 is 197 Å². The highest BCUT2D eigenvalue weighted by Gasteiger charge is 2.60. The Balaban J connectivity index is 0.000000411. The van der Waals surface area contributed by atoms with Crippen molar-refractivity contribution >= 4 is 41.4 Å². The van der Waals surface area contributed by atoms with Gasteiger partial charge in [-0.05, 0) is 47.1 Å². The maximum absolute atomic E-state index is 12.5. The second kappa shape index (κ2) is 58.5. The average Bonchev–Trinajstić information content (AvgIpc) is 1.58. The van der Waals surface area contributed by atoms with Gasteiger partial charge in [-0.15, -0.1) is 0 Å². The number of ketones is 2. The third-order valence-electron chi connectivity index (χ3n) is 21.6. The number of likely N-dealkylation sites (tertiary alicyclic amines) is 1. The van der Waals surface area contributed by atoms with Crippen molar-refractivity contribution in [2.45, 2.75) is 190 Å². The molecule has 0 radical (unpaired) electrons. The Bertz CT molecular complexity index is 3560. The first-order valence-corrected chi connectivity index (χ1v) is 40.4. The summed E-state index contributed by atoms with van der Waals surface area (Å²) in [4.78, 5) is 62.6. The topological polar surface area (TPSA) is 799 Å². The fourth-order valence-corrected chi connectivity index (χ4v) is 14.3. The zero-order chi connectivity index (χ0) is 96.8. The van der Waals surface area contributed by atoms with Crippen LogP contribution in [0.5, 0.6) is 0 Å². The lowest BCUT2D eigenvalue weighted by Gasteiger charge is -2.51. The molecule has 3 amide bonds. The molecule has 4 saturated heterocycles. The number of amides is 3. The van der Waals surface area contributed by atoms with Crippen LogP contribution in [0.25, 0.3) is 12.2 Å². The van der Waals surface area contributed by atoms with Gasteiger partial charge in [0, 0.05) is 52.5 Å². The number of methoxy groups -OCH3 is 2. The molecule has 1 saturated carbocycles. The van der Waals surface area contributed by atoms with Crippen LogP contribution < -0.4 is 5.32 Å². The number of benzene rings is 2. The van der Waals surface area contributed by atoms with E-state index >= 15 is 0 Å². The van der Waals surface area contributed by atoms with Gasteiger partial charge in [0.15, 0.2) is 36.7 Å². The van der Waals surface area contributed by atoms with E-state index in [-0.39, 0.29) is 113 Å². The summed E-state index contributed by atoms with van der Waals surface area (Å²) in [6, 6.07) is 10.9. The van der Waals surface area contributed by atoms with Gasteiger partial charge in [0.2, 0.25) is 17.7 Å². The van der Waals surface area contributed by atoms with Crippen LogP contribution in [-0.4, -0.2) is 506 Å². The van der Waals surface area contributed by atoms with E-state index in [4.69, 9.17) is 84.2 Å². The molecule has 32 N–H and O–H groups in total. The van der Waals surface area contributed by atoms with Crippen molar-refractivity contribution in [3.05, 3.63) is 121 Å². The molecule has 128 heavy (non-hydrogen) atoms. The van der Waals surface area contributed by atoms with Crippen LogP contribution in [0.15, 0.2) is 99.2 Å². The largest absolute Gasteiger partial charge is 0.395 e. The van der Waals surface area contributed by atoms with Gasteiger partial charge >= 0.3 is 0 Å². The van der Waals surface area contributed by atoms with Crippen LogP contribution in [0.2, 0.25) is 0 Å². The minimum Gasteiger partial charge on any atom is -0.395 e. The van der Waals surface area contributed by atoms with Gasteiger partial charge in [-0.25, -0.2) is 0 Å². The third-order valence-corrected chi connectivity index (χ3v) is 21.6. The van der Waals surface area contributed by atoms with E-state index in [0.29, 0.717) is 5.56 Å². The van der Waals surface area contributed by atoms with Crippen molar-refractivity contribution in [1.29, 1.82) is 0 Å². The Morgan fingerprint density at radius 2 is 0.906 bits per heavy atom. The maximum Gasteiger partial charge on any atom is 0.243 e. The first kappa shape index (κ1) is 116. The molecular formula is C81H130N4O43. The first-order valence-electron chi connectivity index (χ1n) is 40.4. The number of imide groups is 1. The van der Waals surface area contributed by atoms with E-state index < -0.39 is 241 Å². The number of nitrogens with zero attached hydrogens (tertiary/aromatic N) is 3. The number of Topliss-reactive ketones (excluding diaryl/α,β-unsaturated/α-hetero) is 1. The van der Waals surface area contributed by atoms with E-state index in [2.05, 4.69) is 31.6 Å². The number of carbonyl (C=O) groups excluding carboxylic acids is 5. The lowest BCUT2D eigenvalue weighted by Crippen LogP contribution is -2.70. The highest BCUT2D eigenvalue weighted by molar-refractivity contribution is 6.06. The number of hydrogen-bond donors (Lipinski definition) is 32. The number of fused-ring (bicyclic) bond motifs is 5. The molecule has 2 aromatic carbocycles. The molecule has 0 spiro atoms. The molecule has 4 heterocycles. The van der Waals surface area contributed by atoms with Gasteiger partial charge in [-0.3, -0.25) is 38.7 Å². The predicted octanol–water partition coefficient (Wildman–Crippen LogP) is -15.0. The van der Waals surface area contributed by atoms with Gasteiger partial charge in [-0.2, -0.15) is 0 Å². The molecule has 2 aromatic rings. The number of aliphatic hydroxyl groups excluding tert-OH is 31. The average molecular weight is 1850 g/mol. The maximum atomic E-state index is 12.5. The van der Waals surface area contributed by atoms with E-state index in [0.717, 1.165) is 29.7 Å². The minimum absolute atomic E-state index is 0.00539. The summed E-state index contributed by atoms with van der Waals surface area (Å²) in [5.41, 5.74) is 2.28. The lowest BCUT2D eigenvalue weighted by molar-refractivity contribution is -0.347. The molecule has 0 aromatic heterocycles. The number of aliphatic hydroxyl groups is 31. The molecule has 34 atom stereocenters. The van der Waals surface area contributed by atoms with Crippen LogP contribution >= 0.6 is 0 Å². The fraction of sp³-hybridized carbons (Fsp3) is 0.667. The monoisotopic (exact) mass is 1850 g/mol. The molecule has 26 unspecified atom stereocenters. The molecule has 6 aliphatic rings. The molecule has 2 bridgehead atoms. The minimum atomic E-state index is -1.86. The molecule has 5 fully saturated rings. The first-order chi connectivity index (χ1) is 60.7. The van der Waals surface area contributed by atoms with Gasteiger partial charge in [-0.1, -0.05) is 99.2 Å². The van der Waals surface area contributed by atoms with Gasteiger partial charge in [0.1, 0.15) is 140 Å². The van der Waals surface area contributed by atoms with E-state index in [1.165, 1.54) is 36.2 Å². The summed E-state index contributed by atoms with van der Waals surface area (Å²) in [6.07, 6.45) is -31.9. The number of ether oxygens (including phenoxy) is 7. The lowest BCUT2D eigenvalue weighted by atomic mass is 9.85. The number of hydrogen-bond acceptors (Lipinski definition) is 45. The van der Waals surface area contributed by atoms with Crippen molar-refractivity contribution in [2.75, 3.05) is 126 Å². The highest BCUT2D eigenvalue weighted by atomic mass is 16.8. The smallest absolute Gasteiger partial charge is 0.243 e. The van der Waals surface area contributed by atoms with Crippen LogP contribution in [0.4, 0.5) is 0 Å². The van der Waals surface area contributed by atoms with E-state index in [1.807, 2.05) is 12.2 Å². The second-order valence-corrected chi connectivity index (χ2v) is 29.9. The van der Waals surface area contributed by atoms with E-state index in [9.17, 15) is 131 Å². The van der Waals surface area contributed by atoms with Crippen molar-refractivity contribution in [3.8, 4) is 0 Å². The fourth-order valence-electron chi connectivity index (χ4n) is 14.3. The number of allylic oxidation sites excluding steroid dienone is 2. The summed E-state index contributed by atoms with van der Waals surface area (Å²) in [5.74, 6) is -2.82. The van der Waals surface area contributed by atoms with Gasteiger partial charge in [0.05, 0.1) is 109 Å². The zero-order valence-corrected chi connectivity index (χ0v) is 70.4. The molecular weight excluding hydrogens is 1720 g/mol. The Hall–Kier alpha value is -6.51. The number of nitrogens with one attached hydrogen (secondary N) is 1. The Labute approximate surface area is 735 Å². The Morgan fingerprint density at radius 3 is 1.34 bits per heavy atom. The van der Waals surface area contributed by atoms with Crippen LogP contribution in [0.1, 0.15) is 39.6 Å². The normalized spacial score (nSPS) is 29.3. The zero-order valence-electron chi connectivity index (χ0n) is 70.4. The Kier molecular flexibility index (Phi) is 52.9. The molecule has 8 rings (SSSR count). The standard InChI is InChI=1S/C22H44N2O13.C16H21NO8.C13H18O5.C13H16O5.C9H17NO6.C8H14O6/c1-33-19-13(11-29)36-22(16(17(19)31)24(5-9-27)6-10-28)37-20-14(12-30)35-21(34-2)15(18(20)32)23(3-7-25)4-8-26;18-10-11(19)15(23)25-16(12(10)20)24-4-3-17-13(21)8-6-1-2-7(5-6)9(8)14(17)22;2*1-2-8-3-5-9(6-4-8)11(16)13(18)12(17)10(15)7-14;1-2-7(14)10-3-5(12)8(15)9(16)6(13)4-11;1-2-4(10)6(12)8(14)7(13)5(11)3-9/h13-22,25-32H,3-12H2,1-2H3;1-2,6-12,15-16,18-20,23H,3-5H2;2-6,10-18H,1,7H2;2-6,10,12-15,17-18H,1,7H2;2,5-6,8-9,11-13,15-16H,1,3-4H2,(H,10,14);2,5-9,11-14H,1,3H2/t13?,14?,15-,16+,17-,18+,19+,20-,21-,22+;;;;;/m0...../s1. The summed E-state index contributed by atoms with van der Waals surface area (Å²) < 4.78 is 38.9. The summed E-state index contributed by atoms with van der Waals surface area (Å²) in [5, 5.41) is 295. The van der Waals surface area contributed by atoms with Crippen molar-refractivity contribution in [3.63, 3.8) is 0 Å². The molecule has 47 nitrogen and oxygen atoms in total. The van der Waals surface area contributed by atoms with Crippen molar-refractivity contribution < 1.29 is 215 Å². The van der Waals surface area contributed by atoms with Crippen molar-refractivity contribution in [2.24, 2.45) is 23.7 Å². The summed E-state index contributed by atoms with van der Waals surface area (Å²) >= 11 is 0. The highest BCUT2D eigenvalue weighted by Crippen LogP contribution is 2.52. The number of carbonyl (C=O) groups is 5. The summed E-state index contributed by atoms with van der Waals surface area (Å²) in [6.45, 7) is 8.01. The summed E-state index contributed by atoms with van der Waals surface area (Å²) in [7, 11) is 2.69. The molecule has 47 heteroatoms. The molecule has 4 aliphatic heterocycles. The molecule has 732 valence electrons. The second-order valence-electron chi connectivity index (χ2n) is 29.9. The quantitative estimate of drug-likeness (QED) is 0.0127. The van der Waals surface area contributed by atoms with Crippen molar-refractivity contribution in [1.82, 2.24) is 20.0 Å². The predicted molar refractivity (Wildman–Crippen MR) is 438 cm³/mol. The van der Waals surface area contributed by atoms with Crippen LogP contribution in [0, 0.1) is 23.7 Å². The SMILES string of the molecule is C=CC(=O)C(O)C(O)C(O)C(O)CO.C=CC(=O)NCC(O)C(O)C(O)C(O)CO.C=Cc1ccc(C(=O)C(O)C(O)C(O)CO)cc1.C=Cc1ccc(C(O)C(O)C(O)C(O)CO)cc1.CO[C@H]1OC(CO)[C@H](O[C@H]2OC(CO)[C@@H](OC)[C@@H](O)[C@H]2N(CCO)CCO)[C@H](O)[C@@H]1N(CCO)CCO.O=C1C2C3C=CC(C3)C2C(=O)N1CCOC1OC(O)C(O)C(O)C1O. The van der Waals surface area contributed by atoms with E-state index in [1.54, 1.807) is 53.5 Å². The third kappa shape index (κ3) is 31.9. The molecule has 2 aliphatic carbocycles. The van der Waals surface area contributed by atoms with Gasteiger partial charge in [0.25, 0.3) is 0 Å². The van der Waals surface area contributed by atoms with Crippen LogP contribution in [-0.2, 0) is 52.3 Å². The number of rotatable bonds is 45. The Morgan fingerprint density at radius 1 is 0.484 bits per heavy atom.